The third kappa shape index (κ3) is 11.8. The number of nitrogens with zero attached hydrogens (tertiary/aromatic N) is 1. The van der Waals surface area contributed by atoms with E-state index in [0.717, 1.165) is 51.5 Å². The van der Waals surface area contributed by atoms with Crippen LogP contribution in [0.3, 0.4) is 0 Å². The Morgan fingerprint density at radius 2 is 2.03 bits per heavy atom. The van der Waals surface area contributed by atoms with Crippen LogP contribution in [0.25, 0.3) is 0 Å². The first-order valence-electron chi connectivity index (χ1n) is 10.3. The molecule has 1 fully saturated rings. The molecule has 0 spiro atoms. The van der Waals surface area contributed by atoms with Crippen molar-refractivity contribution in [1.82, 2.24) is 10.6 Å². The van der Waals surface area contributed by atoms with Gasteiger partial charge in [0.1, 0.15) is 0 Å². The molecule has 1 aromatic carbocycles. The lowest BCUT2D eigenvalue weighted by molar-refractivity contribution is -0.0149. The molecule has 0 amide bonds. The number of halogens is 1. The number of hydrogen-bond donors (Lipinski definition) is 2. The SMILES string of the molecule is CN=C(NCCCOCC1CCCO1)NCc1cccc(COC(C)(C)C)c1.I. The van der Waals surface area contributed by atoms with Crippen LogP contribution in [0.5, 0.6) is 0 Å². The highest BCUT2D eigenvalue weighted by atomic mass is 127. The lowest BCUT2D eigenvalue weighted by Crippen LogP contribution is -2.37. The predicted octanol–water partition coefficient (Wildman–Crippen LogP) is 3.87. The summed E-state index contributed by atoms with van der Waals surface area (Å²) in [6.45, 7) is 10.7. The molecule has 0 aromatic heterocycles. The molecule has 2 N–H and O–H groups in total. The Morgan fingerprint density at radius 3 is 2.72 bits per heavy atom. The zero-order chi connectivity index (χ0) is 20.2. The van der Waals surface area contributed by atoms with E-state index in [1.807, 2.05) is 0 Å². The Bertz CT molecular complexity index is 599. The van der Waals surface area contributed by atoms with Crippen LogP contribution in [0.4, 0.5) is 0 Å². The molecular weight excluding hydrogens is 481 g/mol. The number of rotatable bonds is 10. The number of aliphatic imine (C=N–C) groups is 1. The van der Waals surface area contributed by atoms with E-state index in [1.54, 1.807) is 7.05 Å². The summed E-state index contributed by atoms with van der Waals surface area (Å²) < 4.78 is 17.1. The summed E-state index contributed by atoms with van der Waals surface area (Å²) in [4.78, 5) is 4.28. The monoisotopic (exact) mass is 519 g/mol. The molecule has 1 saturated heterocycles. The average Bonchev–Trinajstić information content (AvgIpc) is 3.18. The molecule has 166 valence electrons. The first kappa shape index (κ1) is 26.1. The van der Waals surface area contributed by atoms with Crippen molar-refractivity contribution < 1.29 is 14.2 Å². The van der Waals surface area contributed by atoms with Gasteiger partial charge in [-0.25, -0.2) is 0 Å². The quantitative estimate of drug-likeness (QED) is 0.213. The van der Waals surface area contributed by atoms with Gasteiger partial charge in [-0.3, -0.25) is 4.99 Å². The molecule has 1 aliphatic heterocycles. The van der Waals surface area contributed by atoms with Crippen LogP contribution in [-0.2, 0) is 27.4 Å². The van der Waals surface area contributed by atoms with E-state index in [-0.39, 0.29) is 29.6 Å². The van der Waals surface area contributed by atoms with Crippen molar-refractivity contribution in [3.8, 4) is 0 Å². The maximum Gasteiger partial charge on any atom is 0.191 e. The van der Waals surface area contributed by atoms with E-state index in [1.165, 1.54) is 11.1 Å². The molecule has 1 aromatic rings. The second-order valence-corrected chi connectivity index (χ2v) is 8.14. The maximum absolute atomic E-state index is 5.86. The summed E-state index contributed by atoms with van der Waals surface area (Å²) in [5, 5.41) is 6.69. The molecule has 1 atom stereocenters. The zero-order valence-electron chi connectivity index (χ0n) is 18.3. The largest absolute Gasteiger partial charge is 0.379 e. The minimum Gasteiger partial charge on any atom is -0.379 e. The normalized spacial score (nSPS) is 17.1. The van der Waals surface area contributed by atoms with E-state index in [4.69, 9.17) is 14.2 Å². The molecule has 1 aliphatic rings. The van der Waals surface area contributed by atoms with Crippen molar-refractivity contribution in [2.24, 2.45) is 4.99 Å². The Morgan fingerprint density at radius 1 is 1.24 bits per heavy atom. The predicted molar refractivity (Wildman–Crippen MR) is 129 cm³/mol. The number of nitrogens with one attached hydrogen (secondary N) is 2. The van der Waals surface area contributed by atoms with Gasteiger partial charge in [0.25, 0.3) is 0 Å². The average molecular weight is 519 g/mol. The molecule has 6 nitrogen and oxygen atoms in total. The Balaban J connectivity index is 0.00000420. The summed E-state index contributed by atoms with van der Waals surface area (Å²) in [7, 11) is 1.79. The van der Waals surface area contributed by atoms with E-state index >= 15 is 0 Å². The molecule has 1 unspecified atom stereocenters. The van der Waals surface area contributed by atoms with Crippen LogP contribution in [0, 0.1) is 0 Å². The summed E-state index contributed by atoms with van der Waals surface area (Å²) >= 11 is 0. The van der Waals surface area contributed by atoms with Gasteiger partial charge < -0.3 is 24.8 Å². The van der Waals surface area contributed by atoms with Crippen molar-refractivity contribution in [3.63, 3.8) is 0 Å². The minimum absolute atomic E-state index is 0. The van der Waals surface area contributed by atoms with Crippen LogP contribution >= 0.6 is 24.0 Å². The van der Waals surface area contributed by atoms with Gasteiger partial charge in [-0.05, 0) is 51.2 Å². The van der Waals surface area contributed by atoms with Crippen molar-refractivity contribution in [3.05, 3.63) is 35.4 Å². The van der Waals surface area contributed by atoms with Gasteiger partial charge in [-0.1, -0.05) is 24.3 Å². The van der Waals surface area contributed by atoms with Crippen LogP contribution < -0.4 is 10.6 Å². The summed E-state index contributed by atoms with van der Waals surface area (Å²) in [6, 6.07) is 8.45. The summed E-state index contributed by atoms with van der Waals surface area (Å²) in [6.07, 6.45) is 3.52. The lowest BCUT2D eigenvalue weighted by Gasteiger charge is -2.19. The minimum atomic E-state index is -0.131. The van der Waals surface area contributed by atoms with Crippen LogP contribution in [0.15, 0.2) is 29.3 Å². The standard InChI is InChI=1S/C22H37N3O3.HI/c1-22(2,3)28-16-19-9-5-8-18(14-19)15-25-21(23-4)24-11-7-12-26-17-20-10-6-13-27-20;/h5,8-9,14,20H,6-7,10-13,15-17H2,1-4H3,(H2,23,24,25);1H. The maximum atomic E-state index is 5.86. The highest BCUT2D eigenvalue weighted by Gasteiger charge is 2.15. The zero-order valence-corrected chi connectivity index (χ0v) is 20.7. The second kappa shape index (κ2) is 14.2. The number of guanidine groups is 1. The Kier molecular flexibility index (Phi) is 12.8. The summed E-state index contributed by atoms with van der Waals surface area (Å²) in [5.41, 5.74) is 2.26. The molecule has 0 aliphatic carbocycles. The van der Waals surface area contributed by atoms with Gasteiger partial charge in [-0.2, -0.15) is 0 Å². The first-order valence-corrected chi connectivity index (χ1v) is 10.3. The van der Waals surface area contributed by atoms with E-state index in [9.17, 15) is 0 Å². The molecule has 2 rings (SSSR count). The van der Waals surface area contributed by atoms with Gasteiger partial charge in [0.15, 0.2) is 5.96 Å². The van der Waals surface area contributed by atoms with Crippen LogP contribution in [-0.4, -0.2) is 51.1 Å². The highest BCUT2D eigenvalue weighted by Crippen LogP contribution is 2.13. The van der Waals surface area contributed by atoms with Crippen molar-refractivity contribution in [2.45, 2.75) is 64.9 Å². The lowest BCUT2D eigenvalue weighted by atomic mass is 10.1. The van der Waals surface area contributed by atoms with Crippen molar-refractivity contribution >= 4 is 29.9 Å². The fraction of sp³-hybridized carbons (Fsp3) is 0.682. The van der Waals surface area contributed by atoms with Crippen LogP contribution in [0.2, 0.25) is 0 Å². The van der Waals surface area contributed by atoms with Gasteiger partial charge in [0, 0.05) is 33.4 Å². The van der Waals surface area contributed by atoms with Crippen molar-refractivity contribution in [1.29, 1.82) is 0 Å². The third-order valence-corrected chi connectivity index (χ3v) is 4.43. The van der Waals surface area contributed by atoms with Crippen molar-refractivity contribution in [2.75, 3.05) is 33.4 Å². The van der Waals surface area contributed by atoms with Gasteiger partial charge in [0.2, 0.25) is 0 Å². The smallest absolute Gasteiger partial charge is 0.191 e. The van der Waals surface area contributed by atoms with Crippen LogP contribution in [0.1, 0.15) is 51.2 Å². The first-order chi connectivity index (χ1) is 13.5. The third-order valence-electron chi connectivity index (χ3n) is 4.43. The van der Waals surface area contributed by atoms with E-state index in [2.05, 4.69) is 60.7 Å². The van der Waals surface area contributed by atoms with E-state index < -0.39 is 0 Å². The number of benzene rings is 1. The molecule has 0 bridgehead atoms. The Hall–Kier alpha value is -0.900. The summed E-state index contributed by atoms with van der Waals surface area (Å²) in [5.74, 6) is 0.801. The van der Waals surface area contributed by atoms with E-state index in [0.29, 0.717) is 19.3 Å². The number of hydrogen-bond acceptors (Lipinski definition) is 4. The molecule has 29 heavy (non-hydrogen) atoms. The molecule has 0 radical (unpaired) electrons. The molecule has 7 heteroatoms. The topological polar surface area (TPSA) is 64.1 Å². The highest BCUT2D eigenvalue weighted by molar-refractivity contribution is 14.0. The second-order valence-electron chi connectivity index (χ2n) is 8.14. The fourth-order valence-corrected chi connectivity index (χ4v) is 2.91. The van der Waals surface area contributed by atoms with Gasteiger partial charge in [-0.15, -0.1) is 24.0 Å². The molecule has 0 saturated carbocycles. The Labute approximate surface area is 193 Å². The number of ether oxygens (including phenoxy) is 3. The fourth-order valence-electron chi connectivity index (χ4n) is 2.91. The van der Waals surface area contributed by atoms with Gasteiger partial charge >= 0.3 is 0 Å². The van der Waals surface area contributed by atoms with Gasteiger partial charge in [0.05, 0.1) is 24.9 Å². The molecule has 1 heterocycles. The molecular formula is C22H38IN3O3.